The molecule has 1 aromatic carbocycles. The lowest BCUT2D eigenvalue weighted by Crippen LogP contribution is -1.93. The Morgan fingerprint density at radius 3 is 2.67 bits per heavy atom. The summed E-state index contributed by atoms with van der Waals surface area (Å²) in [5, 5.41) is 11.4. The second kappa shape index (κ2) is 3.87. The molecule has 1 aromatic heterocycles. The van der Waals surface area contributed by atoms with Gasteiger partial charge in [0, 0.05) is 17.2 Å². The van der Waals surface area contributed by atoms with Gasteiger partial charge in [-0.15, -0.1) is 0 Å². The highest BCUT2D eigenvalue weighted by Crippen LogP contribution is 2.31. The first-order valence-electron chi connectivity index (χ1n) is 4.43. The van der Waals surface area contributed by atoms with Crippen LogP contribution in [0.1, 0.15) is 5.69 Å². The highest BCUT2D eigenvalue weighted by Gasteiger charge is 2.10. The minimum Gasteiger partial charge on any atom is -0.505 e. The highest BCUT2D eigenvalue weighted by molar-refractivity contribution is 6.34. The van der Waals surface area contributed by atoms with Crippen molar-refractivity contribution < 1.29 is 9.90 Å². The number of hydrogen-bond acceptors (Lipinski definition) is 3. The van der Waals surface area contributed by atoms with Crippen LogP contribution < -0.4 is 0 Å². The monoisotopic (exact) mass is 221 g/mol. The standard InChI is InChI=1S/C11H8ClNO2/c12-11-8-4-2-1-3-7(8)10(15)9(13-11)5-6-14/h1-4,6,15H,5H2. The van der Waals surface area contributed by atoms with Gasteiger partial charge in [-0.2, -0.15) is 0 Å². The molecule has 0 aliphatic heterocycles. The smallest absolute Gasteiger partial charge is 0.145 e. The van der Waals surface area contributed by atoms with Gasteiger partial charge in [0.2, 0.25) is 0 Å². The molecule has 0 saturated heterocycles. The van der Waals surface area contributed by atoms with Crippen molar-refractivity contribution >= 4 is 28.7 Å². The molecule has 3 nitrogen and oxygen atoms in total. The Labute approximate surface area is 91.3 Å². The normalized spacial score (nSPS) is 10.5. The summed E-state index contributed by atoms with van der Waals surface area (Å²) in [5.41, 5.74) is 0.314. The van der Waals surface area contributed by atoms with Crippen molar-refractivity contribution in [1.82, 2.24) is 4.98 Å². The van der Waals surface area contributed by atoms with Crippen molar-refractivity contribution in [2.24, 2.45) is 0 Å². The molecule has 2 rings (SSSR count). The molecule has 0 aliphatic rings. The van der Waals surface area contributed by atoms with E-state index in [1.807, 2.05) is 6.07 Å². The third kappa shape index (κ3) is 1.66. The Morgan fingerprint density at radius 2 is 2.00 bits per heavy atom. The molecule has 0 fully saturated rings. The number of fused-ring (bicyclic) bond motifs is 1. The number of aromatic nitrogens is 1. The van der Waals surface area contributed by atoms with Crippen LogP contribution in [0.3, 0.4) is 0 Å². The molecule has 1 heterocycles. The summed E-state index contributed by atoms with van der Waals surface area (Å²) < 4.78 is 0. The van der Waals surface area contributed by atoms with E-state index in [-0.39, 0.29) is 12.2 Å². The molecule has 0 unspecified atom stereocenters. The van der Waals surface area contributed by atoms with Crippen LogP contribution in [0.25, 0.3) is 10.8 Å². The minimum absolute atomic E-state index is 0.0297. The molecule has 0 saturated carbocycles. The summed E-state index contributed by atoms with van der Waals surface area (Å²) in [6.07, 6.45) is 0.754. The fourth-order valence-corrected chi connectivity index (χ4v) is 1.74. The van der Waals surface area contributed by atoms with Crippen molar-refractivity contribution in [3.63, 3.8) is 0 Å². The van der Waals surface area contributed by atoms with Gasteiger partial charge in [0.15, 0.2) is 0 Å². The predicted octanol–water partition coefficient (Wildman–Crippen LogP) is 2.34. The molecule has 0 bridgehead atoms. The van der Waals surface area contributed by atoms with Gasteiger partial charge in [0.1, 0.15) is 17.2 Å². The van der Waals surface area contributed by atoms with E-state index in [1.54, 1.807) is 18.2 Å². The van der Waals surface area contributed by atoms with Gasteiger partial charge in [0.25, 0.3) is 0 Å². The maximum absolute atomic E-state index is 10.4. The zero-order valence-corrected chi connectivity index (χ0v) is 8.53. The lowest BCUT2D eigenvalue weighted by molar-refractivity contribution is -0.107. The van der Waals surface area contributed by atoms with E-state index in [0.717, 1.165) is 0 Å². The van der Waals surface area contributed by atoms with Crippen LogP contribution in [0.2, 0.25) is 5.15 Å². The molecule has 2 aromatic rings. The molecular formula is C11H8ClNO2. The Balaban J connectivity index is 2.78. The van der Waals surface area contributed by atoms with Gasteiger partial charge >= 0.3 is 0 Å². The molecule has 0 radical (unpaired) electrons. The first-order chi connectivity index (χ1) is 7.24. The van der Waals surface area contributed by atoms with Gasteiger partial charge in [-0.1, -0.05) is 35.9 Å². The van der Waals surface area contributed by atoms with Gasteiger partial charge in [0.05, 0.1) is 5.69 Å². The largest absolute Gasteiger partial charge is 0.505 e. The summed E-state index contributed by atoms with van der Waals surface area (Å²) in [7, 11) is 0. The maximum Gasteiger partial charge on any atom is 0.145 e. The van der Waals surface area contributed by atoms with Crippen LogP contribution in [0.4, 0.5) is 0 Å². The molecule has 0 aliphatic carbocycles. The number of halogens is 1. The number of hydrogen-bond donors (Lipinski definition) is 1. The summed E-state index contributed by atoms with van der Waals surface area (Å²) in [5.74, 6) is 0.0297. The van der Waals surface area contributed by atoms with E-state index < -0.39 is 0 Å². The third-order valence-electron chi connectivity index (χ3n) is 2.19. The van der Waals surface area contributed by atoms with Gasteiger partial charge in [-0.3, -0.25) is 0 Å². The zero-order chi connectivity index (χ0) is 10.8. The molecule has 1 N–H and O–H groups in total. The van der Waals surface area contributed by atoms with E-state index in [1.165, 1.54) is 0 Å². The third-order valence-corrected chi connectivity index (χ3v) is 2.48. The van der Waals surface area contributed by atoms with Crippen LogP contribution in [-0.4, -0.2) is 16.4 Å². The van der Waals surface area contributed by atoms with Gasteiger partial charge in [-0.05, 0) is 0 Å². The SMILES string of the molecule is O=CCc1nc(Cl)c2ccccc2c1O. The summed E-state index contributed by atoms with van der Waals surface area (Å²) in [6, 6.07) is 7.12. The van der Waals surface area contributed by atoms with Crippen LogP contribution in [0.5, 0.6) is 5.75 Å². The molecule has 76 valence electrons. The van der Waals surface area contributed by atoms with E-state index in [0.29, 0.717) is 27.9 Å². The molecule has 15 heavy (non-hydrogen) atoms. The average Bonchev–Trinajstić information content (AvgIpc) is 2.26. The average molecular weight is 222 g/mol. The van der Waals surface area contributed by atoms with E-state index in [9.17, 15) is 9.90 Å². The number of aromatic hydroxyl groups is 1. The predicted molar refractivity (Wildman–Crippen MR) is 58.2 cm³/mol. The molecule has 0 spiro atoms. The quantitative estimate of drug-likeness (QED) is 0.626. The van der Waals surface area contributed by atoms with Crippen molar-refractivity contribution in [1.29, 1.82) is 0 Å². The van der Waals surface area contributed by atoms with Crippen LogP contribution >= 0.6 is 11.6 Å². The molecule has 0 amide bonds. The second-order valence-electron chi connectivity index (χ2n) is 3.11. The number of carbonyl (C=O) groups is 1. The number of aldehydes is 1. The summed E-state index contributed by atoms with van der Waals surface area (Å²) in [6.45, 7) is 0. The topological polar surface area (TPSA) is 50.2 Å². The minimum atomic E-state index is 0.0297. The van der Waals surface area contributed by atoms with E-state index in [2.05, 4.69) is 4.98 Å². The maximum atomic E-state index is 10.4. The lowest BCUT2D eigenvalue weighted by atomic mass is 10.1. The van der Waals surface area contributed by atoms with Crippen molar-refractivity contribution in [3.8, 4) is 5.75 Å². The fourth-order valence-electron chi connectivity index (χ4n) is 1.48. The van der Waals surface area contributed by atoms with E-state index >= 15 is 0 Å². The number of rotatable bonds is 2. The van der Waals surface area contributed by atoms with Crippen molar-refractivity contribution in [3.05, 3.63) is 35.1 Å². The molecule has 0 atom stereocenters. The van der Waals surface area contributed by atoms with Gasteiger partial charge < -0.3 is 9.90 Å². The van der Waals surface area contributed by atoms with Gasteiger partial charge in [-0.25, -0.2) is 4.98 Å². The Bertz CT molecular complexity index is 525. The number of benzene rings is 1. The van der Waals surface area contributed by atoms with Crippen molar-refractivity contribution in [2.75, 3.05) is 0 Å². The summed E-state index contributed by atoms with van der Waals surface area (Å²) in [4.78, 5) is 14.4. The highest BCUT2D eigenvalue weighted by atomic mass is 35.5. The number of carbonyl (C=O) groups excluding carboxylic acids is 1. The van der Waals surface area contributed by atoms with Crippen LogP contribution in [0, 0.1) is 0 Å². The molecule has 4 heteroatoms. The van der Waals surface area contributed by atoms with Crippen LogP contribution in [0.15, 0.2) is 24.3 Å². The molecular weight excluding hydrogens is 214 g/mol. The number of nitrogens with zero attached hydrogens (tertiary/aromatic N) is 1. The Hall–Kier alpha value is -1.61. The zero-order valence-electron chi connectivity index (χ0n) is 7.77. The number of pyridine rings is 1. The lowest BCUT2D eigenvalue weighted by Gasteiger charge is -2.06. The van der Waals surface area contributed by atoms with E-state index in [4.69, 9.17) is 11.6 Å². The van der Waals surface area contributed by atoms with Crippen molar-refractivity contribution in [2.45, 2.75) is 6.42 Å². The summed E-state index contributed by atoms with van der Waals surface area (Å²) >= 11 is 5.93. The first-order valence-corrected chi connectivity index (χ1v) is 4.81. The first kappa shape index (κ1) is 9.93. The second-order valence-corrected chi connectivity index (χ2v) is 3.47. The fraction of sp³-hybridized carbons (Fsp3) is 0.0909. The van der Waals surface area contributed by atoms with Crippen LogP contribution in [-0.2, 0) is 11.2 Å². The Kier molecular flexibility index (Phi) is 2.56. The Morgan fingerprint density at radius 1 is 1.33 bits per heavy atom.